The van der Waals surface area contributed by atoms with Crippen LogP contribution < -0.4 is 5.48 Å². The van der Waals surface area contributed by atoms with Crippen molar-refractivity contribution < 1.29 is 4.84 Å². The molecule has 0 aromatic heterocycles. The van der Waals surface area contributed by atoms with Crippen molar-refractivity contribution in [2.45, 2.75) is 31.1 Å². The SMILES string of the molecule is CONC1CCCSC1C. The number of nitrogens with one attached hydrogen (secondary N) is 1. The first-order valence-electron chi connectivity index (χ1n) is 3.74. The summed E-state index contributed by atoms with van der Waals surface area (Å²) in [6, 6.07) is 0.559. The maximum absolute atomic E-state index is 4.89. The van der Waals surface area contributed by atoms with E-state index in [0.29, 0.717) is 11.3 Å². The summed E-state index contributed by atoms with van der Waals surface area (Å²) in [4.78, 5) is 4.89. The zero-order valence-corrected chi connectivity index (χ0v) is 7.41. The Morgan fingerprint density at radius 1 is 1.60 bits per heavy atom. The maximum atomic E-state index is 4.89. The lowest BCUT2D eigenvalue weighted by atomic mass is 10.1. The largest absolute Gasteiger partial charge is 0.305 e. The summed E-state index contributed by atoms with van der Waals surface area (Å²) < 4.78 is 0. The molecule has 1 rings (SSSR count). The van der Waals surface area contributed by atoms with Gasteiger partial charge >= 0.3 is 0 Å². The van der Waals surface area contributed by atoms with Gasteiger partial charge in [-0.1, -0.05) is 6.92 Å². The summed E-state index contributed by atoms with van der Waals surface area (Å²) in [5, 5.41) is 0.702. The molecule has 1 aliphatic heterocycles. The number of hydroxylamine groups is 1. The Morgan fingerprint density at radius 2 is 2.40 bits per heavy atom. The van der Waals surface area contributed by atoms with Gasteiger partial charge in [0.1, 0.15) is 0 Å². The molecular weight excluding hydrogens is 146 g/mol. The first kappa shape index (κ1) is 8.37. The van der Waals surface area contributed by atoms with Crippen LogP contribution in [-0.2, 0) is 4.84 Å². The van der Waals surface area contributed by atoms with Crippen molar-refractivity contribution in [3.8, 4) is 0 Å². The van der Waals surface area contributed by atoms with Crippen LogP contribution in [0.15, 0.2) is 0 Å². The molecule has 1 saturated heterocycles. The van der Waals surface area contributed by atoms with Gasteiger partial charge in [0.2, 0.25) is 0 Å². The van der Waals surface area contributed by atoms with Crippen molar-refractivity contribution in [1.29, 1.82) is 0 Å². The Bertz CT molecular complexity index is 97.6. The molecule has 0 aliphatic carbocycles. The molecule has 0 aromatic rings. The Balaban J connectivity index is 2.25. The van der Waals surface area contributed by atoms with Crippen molar-refractivity contribution in [1.82, 2.24) is 5.48 Å². The Kier molecular flexibility index (Phi) is 3.52. The van der Waals surface area contributed by atoms with Crippen LogP contribution in [0.1, 0.15) is 19.8 Å². The van der Waals surface area contributed by atoms with Gasteiger partial charge in [0.15, 0.2) is 0 Å². The summed E-state index contributed by atoms with van der Waals surface area (Å²) in [5.74, 6) is 1.31. The molecule has 60 valence electrons. The number of rotatable bonds is 2. The standard InChI is InChI=1S/C7H15NOS/c1-6-7(8-9-2)4-3-5-10-6/h6-8H,3-5H2,1-2H3. The minimum absolute atomic E-state index is 0.559. The van der Waals surface area contributed by atoms with Gasteiger partial charge in [0, 0.05) is 11.3 Å². The second kappa shape index (κ2) is 4.21. The minimum Gasteiger partial charge on any atom is -0.305 e. The van der Waals surface area contributed by atoms with Crippen LogP contribution in [0.25, 0.3) is 0 Å². The Hall–Kier alpha value is 0.270. The first-order chi connectivity index (χ1) is 4.84. The van der Waals surface area contributed by atoms with E-state index < -0.39 is 0 Å². The van der Waals surface area contributed by atoms with Crippen molar-refractivity contribution in [3.05, 3.63) is 0 Å². The molecule has 0 bridgehead atoms. The summed E-state index contributed by atoms with van der Waals surface area (Å²) in [7, 11) is 1.69. The van der Waals surface area contributed by atoms with Gasteiger partial charge in [-0.05, 0) is 18.6 Å². The van der Waals surface area contributed by atoms with E-state index >= 15 is 0 Å². The third-order valence-corrected chi connectivity index (χ3v) is 3.25. The lowest BCUT2D eigenvalue weighted by Gasteiger charge is -2.27. The van der Waals surface area contributed by atoms with Crippen molar-refractivity contribution in [2.24, 2.45) is 0 Å². The van der Waals surface area contributed by atoms with Crippen LogP contribution in [0.5, 0.6) is 0 Å². The molecule has 1 N–H and O–H groups in total. The molecule has 1 heterocycles. The molecule has 0 radical (unpaired) electrons. The van der Waals surface area contributed by atoms with E-state index in [2.05, 4.69) is 12.4 Å². The molecule has 1 fully saturated rings. The second-order valence-corrected chi connectivity index (χ2v) is 4.13. The minimum atomic E-state index is 0.559. The van der Waals surface area contributed by atoms with Gasteiger partial charge in [0.05, 0.1) is 7.11 Å². The highest BCUT2D eigenvalue weighted by molar-refractivity contribution is 7.99. The average Bonchev–Trinajstić information content (AvgIpc) is 1.94. The second-order valence-electron chi connectivity index (χ2n) is 2.65. The molecule has 2 atom stereocenters. The summed E-state index contributed by atoms with van der Waals surface area (Å²) in [6.07, 6.45) is 2.57. The van der Waals surface area contributed by atoms with E-state index in [0.717, 1.165) is 0 Å². The molecule has 2 nitrogen and oxygen atoms in total. The maximum Gasteiger partial charge on any atom is 0.0572 e. The van der Waals surface area contributed by atoms with Gasteiger partial charge in [-0.15, -0.1) is 0 Å². The van der Waals surface area contributed by atoms with Crippen LogP contribution in [0.3, 0.4) is 0 Å². The summed E-state index contributed by atoms with van der Waals surface area (Å²) in [6.45, 7) is 2.25. The van der Waals surface area contributed by atoms with Crippen LogP contribution in [0, 0.1) is 0 Å². The van der Waals surface area contributed by atoms with Crippen molar-refractivity contribution in [3.63, 3.8) is 0 Å². The zero-order valence-electron chi connectivity index (χ0n) is 6.59. The van der Waals surface area contributed by atoms with Gasteiger partial charge in [0.25, 0.3) is 0 Å². The average molecular weight is 161 g/mol. The molecule has 0 aromatic carbocycles. The summed E-state index contributed by atoms with van der Waals surface area (Å²) in [5.41, 5.74) is 3.01. The highest BCUT2D eigenvalue weighted by Crippen LogP contribution is 2.24. The monoisotopic (exact) mass is 161 g/mol. The number of thioether (sulfide) groups is 1. The van der Waals surface area contributed by atoms with E-state index in [1.54, 1.807) is 7.11 Å². The topological polar surface area (TPSA) is 21.3 Å². The van der Waals surface area contributed by atoms with Crippen LogP contribution in [-0.4, -0.2) is 24.2 Å². The lowest BCUT2D eigenvalue weighted by Crippen LogP contribution is -2.38. The van der Waals surface area contributed by atoms with Crippen LogP contribution in [0.4, 0.5) is 0 Å². The van der Waals surface area contributed by atoms with Gasteiger partial charge in [-0.3, -0.25) is 0 Å². The first-order valence-corrected chi connectivity index (χ1v) is 4.79. The molecule has 0 saturated carbocycles. The molecule has 0 spiro atoms. The lowest BCUT2D eigenvalue weighted by molar-refractivity contribution is 0.0574. The summed E-state index contributed by atoms with van der Waals surface area (Å²) >= 11 is 2.02. The molecule has 0 amide bonds. The third-order valence-electron chi connectivity index (χ3n) is 1.88. The predicted octanol–water partition coefficient (Wildman–Crippen LogP) is 1.42. The Labute approximate surface area is 66.7 Å². The normalized spacial score (nSPS) is 34.2. The van der Waals surface area contributed by atoms with E-state index in [9.17, 15) is 0 Å². The molecule has 10 heavy (non-hydrogen) atoms. The third kappa shape index (κ3) is 2.15. The Morgan fingerprint density at radius 3 is 3.00 bits per heavy atom. The zero-order chi connectivity index (χ0) is 7.40. The molecule has 3 heteroatoms. The van der Waals surface area contributed by atoms with Crippen molar-refractivity contribution >= 4 is 11.8 Å². The quantitative estimate of drug-likeness (QED) is 0.619. The van der Waals surface area contributed by atoms with Gasteiger partial charge in [-0.25, -0.2) is 0 Å². The molecule has 2 unspecified atom stereocenters. The number of hydrogen-bond acceptors (Lipinski definition) is 3. The van der Waals surface area contributed by atoms with E-state index in [-0.39, 0.29) is 0 Å². The van der Waals surface area contributed by atoms with Crippen molar-refractivity contribution in [2.75, 3.05) is 12.9 Å². The highest BCUT2D eigenvalue weighted by Gasteiger charge is 2.20. The van der Waals surface area contributed by atoms with E-state index in [1.807, 2.05) is 11.8 Å². The fourth-order valence-electron chi connectivity index (χ4n) is 1.23. The van der Waals surface area contributed by atoms with Gasteiger partial charge in [-0.2, -0.15) is 17.2 Å². The highest BCUT2D eigenvalue weighted by atomic mass is 32.2. The van der Waals surface area contributed by atoms with Crippen LogP contribution >= 0.6 is 11.8 Å². The van der Waals surface area contributed by atoms with Crippen LogP contribution in [0.2, 0.25) is 0 Å². The molecular formula is C7H15NOS. The van der Waals surface area contributed by atoms with E-state index in [1.165, 1.54) is 18.6 Å². The smallest absolute Gasteiger partial charge is 0.0572 e. The van der Waals surface area contributed by atoms with E-state index in [4.69, 9.17) is 4.84 Å². The predicted molar refractivity (Wildman–Crippen MR) is 45.1 cm³/mol. The fourth-order valence-corrected chi connectivity index (χ4v) is 2.36. The fraction of sp³-hybridized carbons (Fsp3) is 1.00. The molecule has 1 aliphatic rings. The number of hydrogen-bond donors (Lipinski definition) is 1. The van der Waals surface area contributed by atoms with Gasteiger partial charge < -0.3 is 4.84 Å².